The second-order valence-electron chi connectivity index (χ2n) is 7.24. The molecule has 0 spiro atoms. The van der Waals surface area contributed by atoms with Crippen LogP contribution < -0.4 is 11.5 Å². The Morgan fingerprint density at radius 1 is 1.23 bits per heavy atom. The number of aliphatic carboxylic acids is 1. The van der Waals surface area contributed by atoms with E-state index < -0.39 is 52.7 Å². The number of nitrogens with zero attached hydrogens (tertiary/aromatic N) is 2. The monoisotopic (exact) mass is 460 g/mol. The Bertz CT molecular complexity index is 731. The van der Waals surface area contributed by atoms with Gasteiger partial charge in [-0.15, -0.1) is 11.8 Å². The minimum Gasteiger partial charge on any atom is -0.480 e. The van der Waals surface area contributed by atoms with Gasteiger partial charge in [0.1, 0.15) is 5.78 Å². The average Bonchev–Trinajstić information content (AvgIpc) is 2.93. The average molecular weight is 461 g/mol. The van der Waals surface area contributed by atoms with E-state index in [9.17, 15) is 39.1 Å². The van der Waals surface area contributed by atoms with E-state index >= 15 is 0 Å². The van der Waals surface area contributed by atoms with Gasteiger partial charge < -0.3 is 16.6 Å². The number of thioether (sulfide) groups is 1. The van der Waals surface area contributed by atoms with Crippen molar-refractivity contribution in [3.05, 3.63) is 0 Å². The first-order chi connectivity index (χ1) is 14.5. The van der Waals surface area contributed by atoms with Gasteiger partial charge in [-0.2, -0.15) is 0 Å². The summed E-state index contributed by atoms with van der Waals surface area (Å²) in [6, 6.07) is -3.10. The number of imide groups is 1. The van der Waals surface area contributed by atoms with Crippen molar-refractivity contribution >= 4 is 47.1 Å². The molecule has 1 aliphatic heterocycles. The van der Waals surface area contributed by atoms with Crippen LogP contribution in [0.1, 0.15) is 45.4 Å². The summed E-state index contributed by atoms with van der Waals surface area (Å²) in [5, 5.41) is 18.4. The summed E-state index contributed by atoms with van der Waals surface area (Å²) < 4.78 is 0. The lowest BCUT2D eigenvalue weighted by Crippen LogP contribution is -2.51. The van der Waals surface area contributed by atoms with Crippen LogP contribution in [0.2, 0.25) is 0 Å². The fraction of sp³-hybridized carbons (Fsp3) is 0.667. The van der Waals surface area contributed by atoms with Crippen molar-refractivity contribution in [2.75, 3.05) is 12.3 Å². The topological polar surface area (TPSA) is 201 Å². The van der Waals surface area contributed by atoms with Gasteiger partial charge in [-0.1, -0.05) is 6.42 Å². The molecule has 6 N–H and O–H groups in total. The van der Waals surface area contributed by atoms with Crippen molar-refractivity contribution in [3.8, 4) is 0 Å². The Morgan fingerprint density at radius 2 is 1.87 bits per heavy atom. The lowest BCUT2D eigenvalue weighted by molar-refractivity contribution is -0.184. The minimum absolute atomic E-state index is 0.0410. The molecule has 1 aliphatic rings. The van der Waals surface area contributed by atoms with Crippen molar-refractivity contribution in [2.45, 2.75) is 62.8 Å². The number of rotatable bonds is 14. The van der Waals surface area contributed by atoms with Gasteiger partial charge in [0.25, 0.3) is 5.91 Å². The summed E-state index contributed by atoms with van der Waals surface area (Å²) in [5.41, 5.74) is 10.6. The van der Waals surface area contributed by atoms with Gasteiger partial charge in [0.05, 0.1) is 11.3 Å². The molecule has 0 aromatic rings. The van der Waals surface area contributed by atoms with Gasteiger partial charge in [0.2, 0.25) is 17.7 Å². The maximum atomic E-state index is 12.5. The number of nitrogens with two attached hydrogens (primary N) is 2. The highest BCUT2D eigenvalue weighted by Gasteiger charge is 2.40. The van der Waals surface area contributed by atoms with Crippen molar-refractivity contribution in [1.82, 2.24) is 9.96 Å². The third-order valence-corrected chi connectivity index (χ3v) is 5.87. The predicted octanol–water partition coefficient (Wildman–Crippen LogP) is -1.13. The first-order valence-electron chi connectivity index (χ1n) is 9.69. The Kier molecular flexibility index (Phi) is 10.6. The second-order valence-corrected chi connectivity index (χ2v) is 8.47. The van der Waals surface area contributed by atoms with Crippen molar-refractivity contribution in [3.63, 3.8) is 0 Å². The Balaban J connectivity index is 2.61. The molecule has 1 rings (SSSR count). The van der Waals surface area contributed by atoms with Crippen LogP contribution in [0.3, 0.4) is 0 Å². The summed E-state index contributed by atoms with van der Waals surface area (Å²) in [7, 11) is 0. The van der Waals surface area contributed by atoms with Gasteiger partial charge in [0, 0.05) is 31.6 Å². The predicted molar refractivity (Wildman–Crippen MR) is 109 cm³/mol. The number of hydrogen-bond donors (Lipinski definition) is 4. The number of hydrogen-bond acceptors (Lipinski definition) is 9. The van der Waals surface area contributed by atoms with Crippen molar-refractivity contribution in [2.24, 2.45) is 11.5 Å². The van der Waals surface area contributed by atoms with E-state index in [1.165, 1.54) is 6.92 Å². The molecule has 13 heteroatoms. The number of carbonyl (C=O) groups is 6. The number of amides is 4. The normalized spacial score (nSPS) is 18.0. The molecule has 12 nitrogen and oxygen atoms in total. The third-order valence-electron chi connectivity index (χ3n) is 4.59. The lowest BCUT2D eigenvalue weighted by Gasteiger charge is -2.25. The molecule has 0 aromatic heterocycles. The highest BCUT2D eigenvalue weighted by Crippen LogP contribution is 2.27. The number of ketones is 1. The van der Waals surface area contributed by atoms with Gasteiger partial charge in [-0.3, -0.25) is 34.1 Å². The van der Waals surface area contributed by atoms with E-state index in [2.05, 4.69) is 0 Å². The van der Waals surface area contributed by atoms with Crippen LogP contribution in [-0.2, 0) is 28.8 Å². The number of Topliss-reactive ketones (excluding diaryl/α,β-unsaturated/α-hetero) is 1. The van der Waals surface area contributed by atoms with E-state index in [0.29, 0.717) is 19.3 Å². The number of carboxylic acids is 1. The number of carboxylic acid groups (broad SMARTS) is 1. The fourth-order valence-corrected chi connectivity index (χ4v) is 4.17. The van der Waals surface area contributed by atoms with Crippen LogP contribution in [0.5, 0.6) is 0 Å². The lowest BCUT2D eigenvalue weighted by atomic mass is 10.1. The molecule has 0 saturated carbocycles. The van der Waals surface area contributed by atoms with E-state index in [4.69, 9.17) is 11.5 Å². The molecular weight excluding hydrogens is 432 g/mol. The van der Waals surface area contributed by atoms with Gasteiger partial charge in [-0.25, -0.2) is 9.86 Å². The van der Waals surface area contributed by atoms with Gasteiger partial charge >= 0.3 is 5.97 Å². The number of hydroxylamine groups is 2. The van der Waals surface area contributed by atoms with Gasteiger partial charge in [0.15, 0.2) is 6.04 Å². The minimum atomic E-state index is -1.71. The zero-order chi connectivity index (χ0) is 23.7. The quantitative estimate of drug-likeness (QED) is 0.106. The Hall–Kier alpha value is -2.51. The zero-order valence-corrected chi connectivity index (χ0v) is 18.0. The largest absolute Gasteiger partial charge is 0.480 e. The maximum Gasteiger partial charge on any atom is 0.329 e. The van der Waals surface area contributed by atoms with E-state index in [1.807, 2.05) is 0 Å². The van der Waals surface area contributed by atoms with Crippen LogP contribution in [-0.4, -0.2) is 85.3 Å². The molecule has 1 saturated heterocycles. The SMILES string of the molecule is CC(=O)C[C@H](N)C(=O)N(O)C(CSC1CC(=O)N(CCCCCC(N)=O)C1=O)C(=O)O. The molecule has 2 unspecified atom stereocenters. The molecule has 174 valence electrons. The molecule has 31 heavy (non-hydrogen) atoms. The fourth-order valence-electron chi connectivity index (χ4n) is 2.94. The van der Waals surface area contributed by atoms with Gasteiger partial charge in [-0.05, 0) is 19.8 Å². The smallest absolute Gasteiger partial charge is 0.329 e. The third kappa shape index (κ3) is 8.26. The molecule has 0 bridgehead atoms. The van der Waals surface area contributed by atoms with Crippen molar-refractivity contribution < 1.29 is 39.1 Å². The van der Waals surface area contributed by atoms with E-state index in [-0.39, 0.29) is 36.6 Å². The van der Waals surface area contributed by atoms with Crippen LogP contribution in [0.15, 0.2) is 0 Å². The molecule has 0 aromatic carbocycles. The number of likely N-dealkylation sites (tertiary alicyclic amines) is 1. The molecule has 0 radical (unpaired) electrons. The summed E-state index contributed by atoms with van der Waals surface area (Å²) in [6.45, 7) is 1.38. The summed E-state index contributed by atoms with van der Waals surface area (Å²) in [4.78, 5) is 71.0. The molecule has 1 heterocycles. The summed E-state index contributed by atoms with van der Waals surface area (Å²) in [5.74, 6) is -4.71. The summed E-state index contributed by atoms with van der Waals surface area (Å²) in [6.07, 6.45) is 1.41. The highest BCUT2D eigenvalue weighted by molar-refractivity contribution is 8.00. The Labute approximate surface area is 183 Å². The maximum absolute atomic E-state index is 12.5. The zero-order valence-electron chi connectivity index (χ0n) is 17.2. The first-order valence-corrected chi connectivity index (χ1v) is 10.7. The molecule has 1 fully saturated rings. The molecule has 3 atom stereocenters. The standard InChI is InChI=1S/C18H28N4O8S/c1-10(23)7-11(19)16(26)22(30)12(18(28)29)9-31-13-8-15(25)21(17(13)27)6-4-2-3-5-14(20)24/h11-13,30H,2-9,19H2,1H3,(H2,20,24)(H,28,29)/t11-,12?,13?/m0/s1. The number of unbranched alkanes of at least 4 members (excludes halogenated alkanes) is 2. The van der Waals surface area contributed by atoms with Crippen molar-refractivity contribution in [1.29, 1.82) is 0 Å². The van der Waals surface area contributed by atoms with Crippen LogP contribution in [0.25, 0.3) is 0 Å². The van der Waals surface area contributed by atoms with E-state index in [0.717, 1.165) is 16.7 Å². The number of primary amides is 1. The highest BCUT2D eigenvalue weighted by atomic mass is 32.2. The molecular formula is C18H28N4O8S. The Morgan fingerprint density at radius 3 is 2.42 bits per heavy atom. The van der Waals surface area contributed by atoms with Crippen LogP contribution in [0, 0.1) is 0 Å². The van der Waals surface area contributed by atoms with Crippen LogP contribution >= 0.6 is 11.8 Å². The molecule has 0 aliphatic carbocycles. The first kappa shape index (κ1) is 26.5. The second kappa shape index (κ2) is 12.4. The number of carbonyl (C=O) groups excluding carboxylic acids is 5. The summed E-state index contributed by atoms with van der Waals surface area (Å²) >= 11 is 0.839. The van der Waals surface area contributed by atoms with Crippen LogP contribution in [0.4, 0.5) is 0 Å². The molecule has 4 amide bonds. The van der Waals surface area contributed by atoms with E-state index in [1.54, 1.807) is 0 Å².